The van der Waals surface area contributed by atoms with E-state index in [9.17, 15) is 5.11 Å². The minimum atomic E-state index is -1.20. The van der Waals surface area contributed by atoms with Crippen molar-refractivity contribution in [2.24, 2.45) is 0 Å². The quantitative estimate of drug-likeness (QED) is 0.114. The molecule has 0 spiro atoms. The maximum absolute atomic E-state index is 10.6. The SMILES string of the molecule is CC(C)(O)c1ccc(-c2nn(COCC[Si](C)(C)C)c3ncc(-c4ccc5c(c4)CCC(N4CCCC4)CC5)cc23)cc1Cl. The van der Waals surface area contributed by atoms with Crippen LogP contribution in [0.25, 0.3) is 33.4 Å². The lowest BCUT2D eigenvalue weighted by molar-refractivity contribution is 0.0787. The maximum Gasteiger partial charge on any atom is 0.160 e. The predicted octanol–water partition coefficient (Wildman–Crippen LogP) is 8.30. The van der Waals surface area contributed by atoms with Crippen molar-refractivity contribution in [1.29, 1.82) is 0 Å². The molecule has 6 rings (SSSR count). The van der Waals surface area contributed by atoms with Crippen molar-refractivity contribution in [1.82, 2.24) is 19.7 Å². The third-order valence-electron chi connectivity index (χ3n) is 9.39. The van der Waals surface area contributed by atoms with Crippen LogP contribution < -0.4 is 0 Å². The first kappa shape index (κ1) is 31.4. The summed E-state index contributed by atoms with van der Waals surface area (Å²) in [6.07, 6.45) is 9.46. The lowest BCUT2D eigenvalue weighted by atomic mass is 9.95. The number of hydrogen-bond acceptors (Lipinski definition) is 5. The van der Waals surface area contributed by atoms with Gasteiger partial charge in [0.1, 0.15) is 12.4 Å². The number of nitrogens with zero attached hydrogens (tertiary/aromatic N) is 4. The second-order valence-electron chi connectivity index (χ2n) is 14.5. The van der Waals surface area contributed by atoms with E-state index in [1.54, 1.807) is 13.8 Å². The van der Waals surface area contributed by atoms with E-state index >= 15 is 0 Å². The molecular formula is C36H47ClN4O2Si. The highest BCUT2D eigenvalue weighted by Crippen LogP contribution is 2.36. The molecule has 3 heterocycles. The Hall–Kier alpha value is -2.55. The predicted molar refractivity (Wildman–Crippen MR) is 184 cm³/mol. The van der Waals surface area contributed by atoms with Crippen molar-refractivity contribution < 1.29 is 9.84 Å². The van der Waals surface area contributed by atoms with Crippen LogP contribution in [0.5, 0.6) is 0 Å². The summed E-state index contributed by atoms with van der Waals surface area (Å²) < 4.78 is 7.97. The van der Waals surface area contributed by atoms with Gasteiger partial charge < -0.3 is 14.7 Å². The van der Waals surface area contributed by atoms with Gasteiger partial charge in [0.15, 0.2) is 5.65 Å². The smallest absolute Gasteiger partial charge is 0.160 e. The summed E-state index contributed by atoms with van der Waals surface area (Å²) in [6, 6.07) is 16.8. The molecule has 1 atom stereocenters. The summed E-state index contributed by atoms with van der Waals surface area (Å²) in [7, 11) is -1.20. The van der Waals surface area contributed by atoms with Crippen molar-refractivity contribution in [3.05, 3.63) is 70.4 Å². The van der Waals surface area contributed by atoms with Crippen LogP contribution >= 0.6 is 11.6 Å². The fourth-order valence-electron chi connectivity index (χ4n) is 6.75. The number of aromatic nitrogens is 3. The van der Waals surface area contributed by atoms with Crippen LogP contribution in [-0.4, -0.2) is 58.6 Å². The molecule has 0 bridgehead atoms. The maximum atomic E-state index is 10.6. The number of halogens is 1. The Kier molecular flexibility index (Phi) is 9.06. The number of benzene rings is 2. The number of pyridine rings is 1. The molecule has 1 N–H and O–H groups in total. The highest BCUT2D eigenvalue weighted by molar-refractivity contribution is 6.76. The molecule has 1 unspecified atom stereocenters. The lowest BCUT2D eigenvalue weighted by Gasteiger charge is -2.25. The Morgan fingerprint density at radius 1 is 0.955 bits per heavy atom. The minimum absolute atomic E-state index is 0.347. The van der Waals surface area contributed by atoms with Crippen LogP contribution in [0, 0.1) is 0 Å². The van der Waals surface area contributed by atoms with Gasteiger partial charge in [-0.25, -0.2) is 9.67 Å². The number of likely N-dealkylation sites (tertiary alicyclic amines) is 1. The summed E-state index contributed by atoms with van der Waals surface area (Å²) in [4.78, 5) is 7.68. The van der Waals surface area contributed by atoms with Gasteiger partial charge in [0.2, 0.25) is 0 Å². The van der Waals surface area contributed by atoms with E-state index < -0.39 is 13.7 Å². The average Bonchev–Trinajstić information content (AvgIpc) is 3.57. The number of aliphatic hydroxyl groups is 1. The van der Waals surface area contributed by atoms with Gasteiger partial charge in [0, 0.05) is 54.0 Å². The lowest BCUT2D eigenvalue weighted by Crippen LogP contribution is -2.32. The van der Waals surface area contributed by atoms with E-state index in [-0.39, 0.29) is 0 Å². The Labute approximate surface area is 268 Å². The zero-order valence-electron chi connectivity index (χ0n) is 27.0. The summed E-state index contributed by atoms with van der Waals surface area (Å²) in [5.74, 6) is 0. The van der Waals surface area contributed by atoms with Gasteiger partial charge in [-0.3, -0.25) is 0 Å². The fourth-order valence-corrected chi connectivity index (χ4v) is 7.92. The molecule has 6 nitrogen and oxygen atoms in total. The second-order valence-corrected chi connectivity index (χ2v) is 20.5. The number of ether oxygens (including phenoxy) is 1. The molecular weight excluding hydrogens is 584 g/mol. The Balaban J connectivity index is 1.33. The summed E-state index contributed by atoms with van der Waals surface area (Å²) in [5.41, 5.74) is 7.41. The monoisotopic (exact) mass is 630 g/mol. The molecule has 2 aromatic carbocycles. The van der Waals surface area contributed by atoms with Crippen molar-refractivity contribution in [3.63, 3.8) is 0 Å². The highest BCUT2D eigenvalue weighted by atomic mass is 35.5. The van der Waals surface area contributed by atoms with Crippen LogP contribution in [0.1, 0.15) is 56.2 Å². The third-order valence-corrected chi connectivity index (χ3v) is 11.4. The average molecular weight is 631 g/mol. The van der Waals surface area contributed by atoms with Gasteiger partial charge in [-0.2, -0.15) is 5.10 Å². The van der Waals surface area contributed by atoms with Gasteiger partial charge in [-0.05, 0) is 100 Å². The molecule has 0 radical (unpaired) electrons. The van der Waals surface area contributed by atoms with Gasteiger partial charge in [0.25, 0.3) is 0 Å². The minimum Gasteiger partial charge on any atom is -0.386 e. The topological polar surface area (TPSA) is 63.4 Å². The Morgan fingerprint density at radius 2 is 1.68 bits per heavy atom. The van der Waals surface area contributed by atoms with Crippen molar-refractivity contribution in [2.45, 2.75) is 96.4 Å². The first-order valence-electron chi connectivity index (χ1n) is 16.3. The molecule has 44 heavy (non-hydrogen) atoms. The summed E-state index contributed by atoms with van der Waals surface area (Å²) in [6.45, 7) is 14.2. The van der Waals surface area contributed by atoms with E-state index in [2.05, 4.69) is 48.8 Å². The highest BCUT2D eigenvalue weighted by Gasteiger charge is 2.25. The molecule has 0 saturated carbocycles. The van der Waals surface area contributed by atoms with Crippen LogP contribution in [0.3, 0.4) is 0 Å². The number of rotatable bonds is 9. The molecule has 4 aromatic rings. The van der Waals surface area contributed by atoms with E-state index in [0.717, 1.165) is 46.7 Å². The first-order chi connectivity index (χ1) is 21.0. The molecule has 1 saturated heterocycles. The van der Waals surface area contributed by atoms with Crippen LogP contribution in [0.15, 0.2) is 48.7 Å². The number of hydrogen-bond donors (Lipinski definition) is 1. The van der Waals surface area contributed by atoms with Crippen molar-refractivity contribution in [3.8, 4) is 22.4 Å². The van der Waals surface area contributed by atoms with Gasteiger partial charge in [-0.1, -0.05) is 61.6 Å². The Morgan fingerprint density at radius 3 is 2.39 bits per heavy atom. The summed E-state index contributed by atoms with van der Waals surface area (Å²) in [5, 5.41) is 17.1. The molecule has 0 amide bonds. The normalized spacial score (nSPS) is 18.1. The third kappa shape index (κ3) is 6.97. The number of fused-ring (bicyclic) bond motifs is 2. The standard InChI is InChI=1S/C36H47ClN4O2Si/c1-36(2,42)32-15-12-28(22-33(32)37)34-31-21-29(23-38-35(31)41(39-34)24-43-18-19-44(3,4)5)27-9-8-25-10-13-30(14-11-26(25)20-27)40-16-6-7-17-40/h8-9,12,15,20-23,30,42H,6-7,10-11,13-14,16-19,24H2,1-5H3. The molecule has 1 aliphatic carbocycles. The zero-order valence-corrected chi connectivity index (χ0v) is 28.8. The summed E-state index contributed by atoms with van der Waals surface area (Å²) >= 11 is 6.69. The molecule has 1 aliphatic heterocycles. The molecule has 2 aromatic heterocycles. The van der Waals surface area contributed by atoms with Crippen molar-refractivity contribution in [2.75, 3.05) is 19.7 Å². The second kappa shape index (κ2) is 12.7. The molecule has 2 aliphatic rings. The Bertz CT molecular complexity index is 1630. The van der Waals surface area contributed by atoms with Crippen LogP contribution in [-0.2, 0) is 29.9 Å². The van der Waals surface area contributed by atoms with Gasteiger partial charge >= 0.3 is 0 Å². The van der Waals surface area contributed by atoms with E-state index in [0.29, 0.717) is 30.0 Å². The van der Waals surface area contributed by atoms with Gasteiger partial charge in [0.05, 0.1) is 5.60 Å². The molecule has 8 heteroatoms. The van der Waals surface area contributed by atoms with Gasteiger partial charge in [-0.15, -0.1) is 0 Å². The largest absolute Gasteiger partial charge is 0.386 e. The molecule has 234 valence electrons. The van der Waals surface area contributed by atoms with E-state index in [1.165, 1.54) is 55.5 Å². The van der Waals surface area contributed by atoms with E-state index in [4.69, 9.17) is 26.4 Å². The first-order valence-corrected chi connectivity index (χ1v) is 20.4. The fraction of sp³-hybridized carbons (Fsp3) is 0.500. The molecule has 1 fully saturated rings. The van der Waals surface area contributed by atoms with E-state index in [1.807, 2.05) is 29.1 Å². The van der Waals surface area contributed by atoms with Crippen molar-refractivity contribution >= 4 is 30.7 Å². The van der Waals surface area contributed by atoms with Crippen LogP contribution in [0.2, 0.25) is 30.7 Å². The van der Waals surface area contributed by atoms with Crippen LogP contribution in [0.4, 0.5) is 0 Å². The number of aryl methyl sites for hydroxylation is 2. The zero-order chi connectivity index (χ0) is 31.1.